The second-order valence-electron chi connectivity index (χ2n) is 5.36. The molecule has 3 rings (SSSR count). The van der Waals surface area contributed by atoms with Gasteiger partial charge in [0.05, 0.1) is 0 Å². The molecule has 94 valence electrons. The van der Waals surface area contributed by atoms with Crippen molar-refractivity contribution < 1.29 is 14.6 Å². The Morgan fingerprint density at radius 1 is 1.28 bits per heavy atom. The molecule has 0 amide bonds. The van der Waals surface area contributed by atoms with Gasteiger partial charge in [0.2, 0.25) is 0 Å². The van der Waals surface area contributed by atoms with Crippen LogP contribution in [0.25, 0.3) is 0 Å². The SMILES string of the molecule is C[C@@]1(O)C=CC(=O)C2(CC(c3ccccc3)C2)O1. The van der Waals surface area contributed by atoms with E-state index < -0.39 is 11.4 Å². The number of hydrogen-bond donors (Lipinski definition) is 1. The third-order valence-electron chi connectivity index (χ3n) is 3.82. The van der Waals surface area contributed by atoms with E-state index in [0.29, 0.717) is 18.8 Å². The number of rotatable bonds is 1. The van der Waals surface area contributed by atoms with Crippen LogP contribution in [0.1, 0.15) is 31.2 Å². The zero-order valence-corrected chi connectivity index (χ0v) is 10.3. The Kier molecular flexibility index (Phi) is 2.44. The minimum absolute atomic E-state index is 0.0267. The number of carbonyl (C=O) groups is 1. The van der Waals surface area contributed by atoms with Gasteiger partial charge in [-0.2, -0.15) is 0 Å². The van der Waals surface area contributed by atoms with Crippen molar-refractivity contribution in [3.63, 3.8) is 0 Å². The van der Waals surface area contributed by atoms with Crippen LogP contribution in [0.2, 0.25) is 0 Å². The van der Waals surface area contributed by atoms with Gasteiger partial charge in [-0.1, -0.05) is 30.3 Å². The van der Waals surface area contributed by atoms with Gasteiger partial charge in [-0.05, 0) is 43.4 Å². The molecule has 0 aromatic heterocycles. The fourth-order valence-electron chi connectivity index (χ4n) is 2.84. The Labute approximate surface area is 106 Å². The summed E-state index contributed by atoms with van der Waals surface area (Å²) in [6, 6.07) is 10.1. The highest BCUT2D eigenvalue weighted by atomic mass is 16.6. The van der Waals surface area contributed by atoms with E-state index in [1.54, 1.807) is 6.92 Å². The standard InChI is InChI=1S/C15H16O3/c1-14(17)8-7-13(16)15(18-14)9-12(10-15)11-5-3-2-4-6-11/h2-8,12,17H,9-10H2,1H3/t12?,14-,15?/m0/s1. The van der Waals surface area contributed by atoms with Crippen molar-refractivity contribution in [2.24, 2.45) is 0 Å². The molecule has 1 heterocycles. The molecule has 18 heavy (non-hydrogen) atoms. The summed E-state index contributed by atoms with van der Waals surface area (Å²) in [7, 11) is 0. The zero-order chi connectivity index (χ0) is 12.8. The first-order chi connectivity index (χ1) is 8.51. The minimum Gasteiger partial charge on any atom is -0.362 e. The number of carbonyl (C=O) groups excluding carboxylic acids is 1. The molecule has 1 fully saturated rings. The van der Waals surface area contributed by atoms with Gasteiger partial charge in [-0.15, -0.1) is 0 Å². The molecule has 1 aromatic rings. The van der Waals surface area contributed by atoms with Gasteiger partial charge in [-0.25, -0.2) is 0 Å². The molecule has 2 aliphatic rings. The van der Waals surface area contributed by atoms with Crippen molar-refractivity contribution in [2.45, 2.75) is 37.1 Å². The summed E-state index contributed by atoms with van der Waals surface area (Å²) in [5.74, 6) is -1.01. The number of aliphatic hydroxyl groups is 1. The zero-order valence-electron chi connectivity index (χ0n) is 10.3. The molecule has 1 atom stereocenters. The number of ether oxygens (including phenoxy) is 1. The van der Waals surface area contributed by atoms with Crippen molar-refractivity contribution >= 4 is 5.78 Å². The lowest BCUT2D eigenvalue weighted by Crippen LogP contribution is -2.57. The first-order valence-corrected chi connectivity index (χ1v) is 6.22. The second-order valence-corrected chi connectivity index (χ2v) is 5.36. The third kappa shape index (κ3) is 1.80. The van der Waals surface area contributed by atoms with E-state index in [-0.39, 0.29) is 5.78 Å². The molecule has 0 unspecified atom stereocenters. The quantitative estimate of drug-likeness (QED) is 0.823. The Morgan fingerprint density at radius 2 is 1.94 bits per heavy atom. The van der Waals surface area contributed by atoms with Crippen molar-refractivity contribution in [3.05, 3.63) is 48.0 Å². The van der Waals surface area contributed by atoms with E-state index in [2.05, 4.69) is 12.1 Å². The van der Waals surface area contributed by atoms with Crippen LogP contribution in [-0.4, -0.2) is 22.3 Å². The Morgan fingerprint density at radius 3 is 2.61 bits per heavy atom. The summed E-state index contributed by atoms with van der Waals surface area (Å²) in [5, 5.41) is 9.89. The maximum absolute atomic E-state index is 11.9. The predicted molar refractivity (Wildman–Crippen MR) is 67.0 cm³/mol. The molecule has 1 aliphatic heterocycles. The van der Waals surface area contributed by atoms with E-state index >= 15 is 0 Å². The summed E-state index contributed by atoms with van der Waals surface area (Å²) >= 11 is 0. The third-order valence-corrected chi connectivity index (χ3v) is 3.82. The van der Waals surface area contributed by atoms with Gasteiger partial charge in [0, 0.05) is 0 Å². The average Bonchev–Trinajstić information content (AvgIpc) is 2.30. The van der Waals surface area contributed by atoms with Crippen LogP contribution in [0.4, 0.5) is 0 Å². The largest absolute Gasteiger partial charge is 0.362 e. The van der Waals surface area contributed by atoms with E-state index in [1.165, 1.54) is 17.7 Å². The molecule has 0 saturated heterocycles. The van der Waals surface area contributed by atoms with Crippen LogP contribution in [-0.2, 0) is 9.53 Å². The highest BCUT2D eigenvalue weighted by Crippen LogP contribution is 2.50. The van der Waals surface area contributed by atoms with Gasteiger partial charge in [0.25, 0.3) is 0 Å². The molecular weight excluding hydrogens is 228 g/mol. The van der Waals surface area contributed by atoms with Crippen LogP contribution in [0.5, 0.6) is 0 Å². The number of benzene rings is 1. The molecule has 3 heteroatoms. The topological polar surface area (TPSA) is 46.5 Å². The van der Waals surface area contributed by atoms with Gasteiger partial charge in [-0.3, -0.25) is 4.79 Å². The molecule has 1 saturated carbocycles. The Hall–Kier alpha value is -1.45. The molecule has 1 aliphatic carbocycles. The monoisotopic (exact) mass is 244 g/mol. The van der Waals surface area contributed by atoms with Crippen LogP contribution in [0, 0.1) is 0 Å². The Bertz CT molecular complexity index is 496. The molecule has 0 radical (unpaired) electrons. The van der Waals surface area contributed by atoms with Crippen molar-refractivity contribution in [2.75, 3.05) is 0 Å². The van der Waals surface area contributed by atoms with Crippen LogP contribution in [0.3, 0.4) is 0 Å². The van der Waals surface area contributed by atoms with Gasteiger partial charge in [0.15, 0.2) is 11.6 Å². The molecule has 0 bridgehead atoms. The van der Waals surface area contributed by atoms with E-state index in [4.69, 9.17) is 4.74 Å². The normalized spacial score (nSPS) is 38.8. The van der Waals surface area contributed by atoms with Gasteiger partial charge >= 0.3 is 0 Å². The highest BCUT2D eigenvalue weighted by Gasteiger charge is 2.54. The van der Waals surface area contributed by atoms with Crippen LogP contribution < -0.4 is 0 Å². The summed E-state index contributed by atoms with van der Waals surface area (Å²) in [6.45, 7) is 1.56. The first kappa shape index (κ1) is 11.6. The predicted octanol–water partition coefficient (Wildman–Crippen LogP) is 2.17. The fraction of sp³-hybridized carbons (Fsp3) is 0.400. The number of ketones is 1. The first-order valence-electron chi connectivity index (χ1n) is 6.22. The molecule has 1 spiro atoms. The van der Waals surface area contributed by atoms with Crippen LogP contribution in [0.15, 0.2) is 42.5 Å². The summed E-state index contributed by atoms with van der Waals surface area (Å²) in [4.78, 5) is 11.9. The highest BCUT2D eigenvalue weighted by molar-refractivity contribution is 5.99. The average molecular weight is 244 g/mol. The van der Waals surface area contributed by atoms with E-state index in [1.807, 2.05) is 18.2 Å². The number of hydrogen-bond acceptors (Lipinski definition) is 3. The van der Waals surface area contributed by atoms with Crippen LogP contribution >= 0.6 is 0 Å². The minimum atomic E-state index is -1.32. The van der Waals surface area contributed by atoms with Gasteiger partial charge in [0.1, 0.15) is 5.60 Å². The van der Waals surface area contributed by atoms with Crippen molar-refractivity contribution in [3.8, 4) is 0 Å². The second kappa shape index (κ2) is 3.77. The molecule has 1 aromatic carbocycles. The lowest BCUT2D eigenvalue weighted by Gasteiger charge is -2.50. The lowest BCUT2D eigenvalue weighted by molar-refractivity contribution is -0.250. The molecule has 3 nitrogen and oxygen atoms in total. The summed E-state index contributed by atoms with van der Waals surface area (Å²) in [5.41, 5.74) is 0.424. The maximum Gasteiger partial charge on any atom is 0.187 e. The van der Waals surface area contributed by atoms with Gasteiger partial charge < -0.3 is 9.84 Å². The van der Waals surface area contributed by atoms with Crippen molar-refractivity contribution in [1.82, 2.24) is 0 Å². The fourth-order valence-corrected chi connectivity index (χ4v) is 2.84. The van der Waals surface area contributed by atoms with E-state index in [9.17, 15) is 9.90 Å². The molecule has 1 N–H and O–H groups in total. The Balaban J connectivity index is 1.78. The summed E-state index contributed by atoms with van der Waals surface area (Å²) < 4.78 is 5.58. The lowest BCUT2D eigenvalue weighted by atomic mass is 9.65. The summed E-state index contributed by atoms with van der Waals surface area (Å²) in [6.07, 6.45) is 4.16. The molecular formula is C15H16O3. The van der Waals surface area contributed by atoms with Crippen molar-refractivity contribution in [1.29, 1.82) is 0 Å². The van der Waals surface area contributed by atoms with E-state index in [0.717, 1.165) is 0 Å². The maximum atomic E-state index is 11.9. The smallest absolute Gasteiger partial charge is 0.187 e.